The Bertz CT molecular complexity index is 2360. The van der Waals surface area contributed by atoms with E-state index in [1.54, 1.807) is 0 Å². The van der Waals surface area contributed by atoms with Crippen LogP contribution in [0.4, 0.5) is 0 Å². The van der Waals surface area contributed by atoms with Gasteiger partial charge in [-0.2, -0.15) is 0 Å². The summed E-state index contributed by atoms with van der Waals surface area (Å²) in [5.74, 6) is -2.28. The predicted molar refractivity (Wildman–Crippen MR) is 444 cm³/mol. The zero-order chi connectivity index (χ0) is 74.6. The molecule has 2 atom stereocenters. The summed E-state index contributed by atoms with van der Waals surface area (Å²) in [6, 6.07) is 0. The van der Waals surface area contributed by atoms with Crippen molar-refractivity contribution in [3.05, 3.63) is 182 Å². The van der Waals surface area contributed by atoms with E-state index < -0.39 is 24.3 Å². The first-order valence-corrected chi connectivity index (χ1v) is 41.9. The lowest BCUT2D eigenvalue weighted by molar-refractivity contribution is -0.870. The van der Waals surface area contributed by atoms with Crippen molar-refractivity contribution in [2.24, 2.45) is 0 Å². The fourth-order valence-corrected chi connectivity index (χ4v) is 11.4. The Morgan fingerprint density at radius 1 is 0.291 bits per heavy atom. The van der Waals surface area contributed by atoms with Crippen LogP contribution >= 0.6 is 0 Å². The predicted octanol–water partition coefficient (Wildman–Crippen LogP) is 26.1. The Hall–Kier alpha value is -5.61. The zero-order valence-electron chi connectivity index (χ0n) is 66.9. The van der Waals surface area contributed by atoms with Gasteiger partial charge in [-0.15, -0.1) is 0 Å². The van der Waals surface area contributed by atoms with Crippen LogP contribution in [0.5, 0.6) is 0 Å². The molecule has 0 aromatic heterocycles. The molecule has 584 valence electrons. The minimum Gasteiger partial charge on any atom is -0.545 e. The van der Waals surface area contributed by atoms with Crippen LogP contribution in [0.1, 0.15) is 335 Å². The number of quaternary nitrogens is 1. The van der Waals surface area contributed by atoms with Crippen molar-refractivity contribution in [2.45, 2.75) is 347 Å². The molecule has 0 radical (unpaired) electrons. The second-order valence-electron chi connectivity index (χ2n) is 28.7. The molecule has 0 fully saturated rings. The van der Waals surface area contributed by atoms with Crippen molar-refractivity contribution < 1.29 is 42.9 Å². The van der Waals surface area contributed by atoms with E-state index in [1.807, 2.05) is 21.1 Å². The van der Waals surface area contributed by atoms with E-state index >= 15 is 0 Å². The van der Waals surface area contributed by atoms with Crippen LogP contribution in [0.15, 0.2) is 182 Å². The van der Waals surface area contributed by atoms with E-state index in [0.29, 0.717) is 17.4 Å². The fourth-order valence-electron chi connectivity index (χ4n) is 11.4. The second-order valence-corrected chi connectivity index (χ2v) is 28.7. The smallest absolute Gasteiger partial charge is 0.306 e. The van der Waals surface area contributed by atoms with Crippen molar-refractivity contribution >= 4 is 17.9 Å². The molecule has 0 amide bonds. The zero-order valence-corrected chi connectivity index (χ0v) is 66.9. The van der Waals surface area contributed by atoms with Gasteiger partial charge in [0.05, 0.1) is 40.3 Å². The normalized spacial score (nSPS) is 13.6. The maximum atomic E-state index is 13.0. The number of ether oxygens (including phenoxy) is 4. The summed E-state index contributed by atoms with van der Waals surface area (Å²) in [5, 5.41) is 11.9. The number of allylic oxidation sites excluding steroid dienone is 30. The van der Waals surface area contributed by atoms with Crippen LogP contribution in [-0.2, 0) is 33.3 Å². The number of carboxylic acids is 1. The molecule has 0 saturated carbocycles. The molecular weight excluding hydrogens is 1270 g/mol. The lowest BCUT2D eigenvalue weighted by Crippen LogP contribution is -2.44. The van der Waals surface area contributed by atoms with E-state index in [4.69, 9.17) is 18.9 Å². The van der Waals surface area contributed by atoms with Gasteiger partial charge in [-0.05, 0) is 135 Å². The van der Waals surface area contributed by atoms with Gasteiger partial charge in [0.2, 0.25) is 0 Å². The number of carbonyl (C=O) groups excluding carboxylic acids is 3. The Morgan fingerprint density at radius 3 is 0.777 bits per heavy atom. The van der Waals surface area contributed by atoms with Crippen molar-refractivity contribution in [3.63, 3.8) is 0 Å². The summed E-state index contributed by atoms with van der Waals surface area (Å²) in [6.45, 7) is 4.53. The van der Waals surface area contributed by atoms with E-state index in [0.717, 1.165) is 135 Å². The SMILES string of the molecule is CC/C=C\C/C=C\C/C=C\C/C=C\C/C=C\C/C=C\C/C=C\C/C=C\CCCCCCCCCCCCCCCCC(=O)OC(COC(=O)CCCCCCCCCCCCCCCCCCC/C=C\C/C=C\C/C=C\C/C=C\C/C=C\C/C=C\C/C=C\CC)COC(OCC[N+](C)(C)C)C(=O)[O-]. The third-order valence-electron chi connectivity index (χ3n) is 17.6. The number of unbranched alkanes of at least 4 members (excludes halogenated alkanes) is 31. The van der Waals surface area contributed by atoms with Crippen LogP contribution in [0, 0.1) is 0 Å². The van der Waals surface area contributed by atoms with Gasteiger partial charge in [0.25, 0.3) is 0 Å². The highest BCUT2D eigenvalue weighted by molar-refractivity contribution is 5.70. The Morgan fingerprint density at radius 2 is 0.524 bits per heavy atom. The van der Waals surface area contributed by atoms with Crippen molar-refractivity contribution in [3.8, 4) is 0 Å². The maximum absolute atomic E-state index is 13.0. The van der Waals surface area contributed by atoms with Gasteiger partial charge in [0, 0.05) is 12.8 Å². The number of esters is 2. The number of aliphatic carboxylic acids is 1. The van der Waals surface area contributed by atoms with Crippen LogP contribution in [-0.4, -0.2) is 82.3 Å². The summed E-state index contributed by atoms with van der Waals surface area (Å²) < 4.78 is 22.9. The van der Waals surface area contributed by atoms with E-state index in [1.165, 1.54) is 167 Å². The molecule has 0 aromatic rings. The number of likely N-dealkylation sites (N-methyl/N-ethyl adjacent to an activating group) is 1. The minimum absolute atomic E-state index is 0.142. The van der Waals surface area contributed by atoms with Crippen LogP contribution < -0.4 is 5.11 Å². The largest absolute Gasteiger partial charge is 0.545 e. The summed E-state index contributed by atoms with van der Waals surface area (Å²) in [4.78, 5) is 37.7. The second kappa shape index (κ2) is 82.1. The molecule has 0 spiro atoms. The summed E-state index contributed by atoms with van der Waals surface area (Å²) in [6.07, 6.45) is 122. The number of carbonyl (C=O) groups is 3. The molecule has 9 heteroatoms. The van der Waals surface area contributed by atoms with Crippen LogP contribution in [0.25, 0.3) is 0 Å². The van der Waals surface area contributed by atoms with Gasteiger partial charge in [-0.3, -0.25) is 9.59 Å². The van der Waals surface area contributed by atoms with E-state index in [9.17, 15) is 19.5 Å². The molecular formula is C94H155NO8. The van der Waals surface area contributed by atoms with Gasteiger partial charge in [0.1, 0.15) is 13.2 Å². The van der Waals surface area contributed by atoms with Gasteiger partial charge in [-0.25, -0.2) is 0 Å². The number of hydrogen-bond donors (Lipinski definition) is 0. The first-order chi connectivity index (χ1) is 50.6. The monoisotopic (exact) mass is 1430 g/mol. The molecule has 0 heterocycles. The third kappa shape index (κ3) is 83.5. The maximum Gasteiger partial charge on any atom is 0.306 e. The standard InChI is InChI=1S/C94H155NO8/c1-6-8-10-12-14-16-18-20-22-24-26-28-30-32-34-36-38-40-42-44-46-48-50-52-54-56-58-60-62-64-66-68-70-72-74-76-78-80-82-84-91(96)101-88-90(89-102-94(93(98)99)100-87-86-95(3,4)5)103-92(97)85-83-81-79-77-75-73-71-69-67-65-63-61-59-57-55-53-51-49-47-45-43-41-39-37-35-33-31-29-27-25-23-21-19-17-15-13-11-9-7-2/h8-11,14-17,20-23,26-29,32-35,38-41,44-47,51,53,90,94H,6-7,12-13,18-19,24-25,30-31,36-37,42-43,48-50,52,54-89H2,1-5H3/b10-8-,11-9-,16-14-,17-15-,22-20-,23-21-,28-26-,29-27-,34-32-,35-33-,40-38-,41-39-,46-44-,47-45-,53-51-. The lowest BCUT2D eigenvalue weighted by Gasteiger charge is -2.26. The number of nitrogens with zero attached hydrogens (tertiary/aromatic N) is 1. The molecule has 0 aromatic carbocycles. The van der Waals surface area contributed by atoms with Crippen LogP contribution in [0.2, 0.25) is 0 Å². The molecule has 0 N–H and O–H groups in total. The Kier molecular flexibility index (Phi) is 77.6. The highest BCUT2D eigenvalue weighted by atomic mass is 16.7. The third-order valence-corrected chi connectivity index (χ3v) is 17.6. The Labute approximate surface area is 634 Å². The topological polar surface area (TPSA) is 111 Å². The molecule has 0 bridgehead atoms. The Balaban J connectivity index is 4.04. The molecule has 0 aliphatic carbocycles. The first kappa shape index (κ1) is 97.4. The minimum atomic E-state index is -1.63. The average Bonchev–Trinajstić information content (AvgIpc) is 0.985. The van der Waals surface area contributed by atoms with Gasteiger partial charge in [-0.1, -0.05) is 369 Å². The highest BCUT2D eigenvalue weighted by Gasteiger charge is 2.22. The summed E-state index contributed by atoms with van der Waals surface area (Å²) in [5.41, 5.74) is 0. The molecule has 0 rings (SSSR count). The van der Waals surface area contributed by atoms with Crippen molar-refractivity contribution in [2.75, 3.05) is 47.5 Å². The highest BCUT2D eigenvalue weighted by Crippen LogP contribution is 2.18. The molecule has 0 aliphatic heterocycles. The lowest BCUT2D eigenvalue weighted by atomic mass is 10.0. The molecule has 9 nitrogen and oxygen atoms in total. The first-order valence-electron chi connectivity index (χ1n) is 41.9. The van der Waals surface area contributed by atoms with Crippen molar-refractivity contribution in [1.82, 2.24) is 0 Å². The van der Waals surface area contributed by atoms with Crippen molar-refractivity contribution in [1.29, 1.82) is 0 Å². The van der Waals surface area contributed by atoms with Gasteiger partial charge in [0.15, 0.2) is 12.4 Å². The molecule has 103 heavy (non-hydrogen) atoms. The van der Waals surface area contributed by atoms with E-state index in [2.05, 4.69) is 196 Å². The van der Waals surface area contributed by atoms with E-state index in [-0.39, 0.29) is 38.6 Å². The van der Waals surface area contributed by atoms with Crippen LogP contribution in [0.3, 0.4) is 0 Å². The average molecular weight is 1430 g/mol. The number of rotatable bonds is 76. The summed E-state index contributed by atoms with van der Waals surface area (Å²) >= 11 is 0. The summed E-state index contributed by atoms with van der Waals surface area (Å²) in [7, 11) is 5.94. The molecule has 0 aliphatic rings. The van der Waals surface area contributed by atoms with Gasteiger partial charge >= 0.3 is 11.9 Å². The number of carboxylic acid groups (broad SMARTS) is 1. The molecule has 2 unspecified atom stereocenters. The fraction of sp³-hybridized carbons (Fsp3) is 0.649. The molecule has 0 saturated heterocycles. The number of hydrogen-bond acceptors (Lipinski definition) is 8. The quantitative estimate of drug-likeness (QED) is 0.0195. The van der Waals surface area contributed by atoms with Gasteiger partial charge < -0.3 is 33.3 Å².